The fourth-order valence-electron chi connectivity index (χ4n) is 2.23. The standard InChI is InChI=1S/C16H22N4O2S/c1-20(2)14(13-6-8-23-11-13)10-19-16(21)18-9-12-5-4-7-17-15(12)22-3/h4-8,11,14H,9-10H2,1-3H3,(H2,18,19,21)/t14-/m0/s1. The molecule has 0 aliphatic heterocycles. The third kappa shape index (κ3) is 4.94. The van der Waals surface area contributed by atoms with Gasteiger partial charge in [-0.3, -0.25) is 0 Å². The van der Waals surface area contributed by atoms with Gasteiger partial charge in [0.25, 0.3) is 0 Å². The molecule has 1 atom stereocenters. The Morgan fingerprint density at radius 1 is 1.39 bits per heavy atom. The fraction of sp³-hybridized carbons (Fsp3) is 0.375. The van der Waals surface area contributed by atoms with Gasteiger partial charge in [-0.25, -0.2) is 9.78 Å². The van der Waals surface area contributed by atoms with Crippen LogP contribution in [0.1, 0.15) is 17.2 Å². The molecule has 2 aromatic rings. The van der Waals surface area contributed by atoms with Gasteiger partial charge < -0.3 is 20.3 Å². The van der Waals surface area contributed by atoms with Crippen LogP contribution in [0.3, 0.4) is 0 Å². The van der Waals surface area contributed by atoms with Crippen LogP contribution >= 0.6 is 11.3 Å². The van der Waals surface area contributed by atoms with Crippen molar-refractivity contribution >= 4 is 17.4 Å². The SMILES string of the molecule is COc1ncccc1CNC(=O)NC[C@@H](c1ccsc1)N(C)C. The summed E-state index contributed by atoms with van der Waals surface area (Å²) in [6.07, 6.45) is 1.66. The third-order valence-corrected chi connectivity index (χ3v) is 4.19. The molecule has 7 heteroatoms. The summed E-state index contributed by atoms with van der Waals surface area (Å²) in [4.78, 5) is 18.2. The van der Waals surface area contributed by atoms with Crippen LogP contribution < -0.4 is 15.4 Å². The van der Waals surface area contributed by atoms with Gasteiger partial charge >= 0.3 is 6.03 Å². The number of ether oxygens (including phenoxy) is 1. The van der Waals surface area contributed by atoms with Crippen LogP contribution in [0.2, 0.25) is 0 Å². The van der Waals surface area contributed by atoms with Crippen LogP contribution in [0.4, 0.5) is 4.79 Å². The number of methoxy groups -OCH3 is 1. The highest BCUT2D eigenvalue weighted by atomic mass is 32.1. The number of urea groups is 1. The number of pyridine rings is 1. The lowest BCUT2D eigenvalue weighted by atomic mass is 10.1. The Morgan fingerprint density at radius 2 is 2.22 bits per heavy atom. The zero-order valence-electron chi connectivity index (χ0n) is 13.6. The summed E-state index contributed by atoms with van der Waals surface area (Å²) in [5.74, 6) is 0.525. The number of likely N-dealkylation sites (N-methyl/N-ethyl adjacent to an activating group) is 1. The molecular weight excluding hydrogens is 312 g/mol. The van der Waals surface area contributed by atoms with Gasteiger partial charge in [0.2, 0.25) is 5.88 Å². The number of rotatable bonds is 7. The Morgan fingerprint density at radius 3 is 2.87 bits per heavy atom. The Bertz CT molecular complexity index is 616. The summed E-state index contributed by atoms with van der Waals surface area (Å²) in [6, 6.07) is 5.71. The molecule has 6 nitrogen and oxygen atoms in total. The molecule has 0 fully saturated rings. The molecule has 124 valence electrons. The molecule has 2 rings (SSSR count). The van der Waals surface area contributed by atoms with Crippen LogP contribution in [0, 0.1) is 0 Å². The van der Waals surface area contributed by atoms with E-state index in [1.807, 2.05) is 31.6 Å². The van der Waals surface area contributed by atoms with Crippen molar-refractivity contribution in [2.45, 2.75) is 12.6 Å². The minimum atomic E-state index is -0.210. The van der Waals surface area contributed by atoms with E-state index in [4.69, 9.17) is 4.74 Å². The average molecular weight is 334 g/mol. The van der Waals surface area contributed by atoms with E-state index >= 15 is 0 Å². The van der Waals surface area contributed by atoms with Crippen LogP contribution in [-0.2, 0) is 6.54 Å². The minimum absolute atomic E-state index is 0.153. The monoisotopic (exact) mass is 334 g/mol. The van der Waals surface area contributed by atoms with Crippen molar-refractivity contribution in [2.24, 2.45) is 0 Å². The molecule has 23 heavy (non-hydrogen) atoms. The molecule has 0 unspecified atom stereocenters. The molecule has 0 aromatic carbocycles. The largest absolute Gasteiger partial charge is 0.481 e. The quantitative estimate of drug-likeness (QED) is 0.815. The first kappa shape index (κ1) is 17.2. The topological polar surface area (TPSA) is 66.5 Å². The molecule has 2 amide bonds. The molecule has 2 heterocycles. The molecule has 0 radical (unpaired) electrons. The molecule has 0 aliphatic rings. The zero-order chi connectivity index (χ0) is 16.7. The smallest absolute Gasteiger partial charge is 0.315 e. The molecule has 0 bridgehead atoms. The van der Waals surface area contributed by atoms with E-state index in [2.05, 4.69) is 32.0 Å². The Hall–Kier alpha value is -2.12. The number of carbonyl (C=O) groups excluding carboxylic acids is 1. The van der Waals surface area contributed by atoms with Crippen molar-refractivity contribution in [1.29, 1.82) is 0 Å². The van der Waals surface area contributed by atoms with E-state index in [0.29, 0.717) is 19.0 Å². The van der Waals surface area contributed by atoms with Gasteiger partial charge in [0.05, 0.1) is 13.2 Å². The van der Waals surface area contributed by atoms with Crippen molar-refractivity contribution in [3.8, 4) is 5.88 Å². The Kier molecular flexibility index (Phi) is 6.37. The van der Waals surface area contributed by atoms with Crippen LogP contribution in [0.15, 0.2) is 35.2 Å². The summed E-state index contributed by atoms with van der Waals surface area (Å²) in [6.45, 7) is 0.910. The number of nitrogens with zero attached hydrogens (tertiary/aromatic N) is 2. The number of hydrogen-bond acceptors (Lipinski definition) is 5. The van der Waals surface area contributed by atoms with Gasteiger partial charge in [0.1, 0.15) is 0 Å². The van der Waals surface area contributed by atoms with Crippen molar-refractivity contribution in [3.05, 3.63) is 46.3 Å². The van der Waals surface area contributed by atoms with Crippen molar-refractivity contribution in [1.82, 2.24) is 20.5 Å². The maximum Gasteiger partial charge on any atom is 0.315 e. The molecule has 0 spiro atoms. The first-order chi connectivity index (χ1) is 11.1. The first-order valence-corrected chi connectivity index (χ1v) is 8.24. The summed E-state index contributed by atoms with van der Waals surface area (Å²) in [5, 5.41) is 9.88. The van der Waals surface area contributed by atoms with Crippen molar-refractivity contribution < 1.29 is 9.53 Å². The van der Waals surface area contributed by atoms with Gasteiger partial charge in [-0.05, 0) is 42.6 Å². The lowest BCUT2D eigenvalue weighted by molar-refractivity contribution is 0.232. The van der Waals surface area contributed by atoms with Crippen LogP contribution in [0.25, 0.3) is 0 Å². The Balaban J connectivity index is 1.85. The third-order valence-electron chi connectivity index (χ3n) is 3.49. The van der Waals surface area contributed by atoms with E-state index in [1.165, 1.54) is 5.56 Å². The highest BCUT2D eigenvalue weighted by Crippen LogP contribution is 2.20. The van der Waals surface area contributed by atoms with Gasteiger partial charge in [-0.2, -0.15) is 11.3 Å². The zero-order valence-corrected chi connectivity index (χ0v) is 14.4. The predicted octanol–water partition coefficient (Wildman–Crippen LogP) is 2.25. The number of carbonyl (C=O) groups is 1. The lowest BCUT2D eigenvalue weighted by Gasteiger charge is -2.24. The van der Waals surface area contributed by atoms with Crippen molar-refractivity contribution in [3.63, 3.8) is 0 Å². The van der Waals surface area contributed by atoms with E-state index in [-0.39, 0.29) is 12.1 Å². The number of amides is 2. The predicted molar refractivity (Wildman–Crippen MR) is 91.8 cm³/mol. The number of nitrogens with one attached hydrogen (secondary N) is 2. The van der Waals surface area contributed by atoms with Crippen LogP contribution in [-0.4, -0.2) is 43.7 Å². The summed E-state index contributed by atoms with van der Waals surface area (Å²) >= 11 is 1.66. The normalized spacial score (nSPS) is 12.0. The summed E-state index contributed by atoms with van der Waals surface area (Å²) < 4.78 is 5.17. The number of hydrogen-bond donors (Lipinski definition) is 2. The highest BCUT2D eigenvalue weighted by Gasteiger charge is 2.15. The molecule has 2 N–H and O–H groups in total. The molecular formula is C16H22N4O2S. The number of thiophene rings is 1. The molecule has 2 aromatic heterocycles. The average Bonchev–Trinajstić information content (AvgIpc) is 3.07. The lowest BCUT2D eigenvalue weighted by Crippen LogP contribution is -2.40. The van der Waals surface area contributed by atoms with E-state index in [1.54, 1.807) is 24.6 Å². The molecule has 0 aliphatic carbocycles. The second-order valence-corrected chi connectivity index (χ2v) is 6.05. The maximum atomic E-state index is 12.0. The molecule has 0 saturated heterocycles. The van der Waals surface area contributed by atoms with Gasteiger partial charge in [-0.1, -0.05) is 6.07 Å². The van der Waals surface area contributed by atoms with Gasteiger partial charge in [0, 0.05) is 24.8 Å². The number of aromatic nitrogens is 1. The summed E-state index contributed by atoms with van der Waals surface area (Å²) in [5.41, 5.74) is 2.04. The first-order valence-electron chi connectivity index (χ1n) is 7.30. The fourth-order valence-corrected chi connectivity index (χ4v) is 2.94. The van der Waals surface area contributed by atoms with Gasteiger partial charge in [0.15, 0.2) is 0 Å². The van der Waals surface area contributed by atoms with E-state index < -0.39 is 0 Å². The maximum absolute atomic E-state index is 12.0. The second kappa shape index (κ2) is 8.50. The highest BCUT2D eigenvalue weighted by molar-refractivity contribution is 7.07. The summed E-state index contributed by atoms with van der Waals surface area (Å²) in [7, 11) is 5.57. The Labute approximate surface area is 140 Å². The van der Waals surface area contributed by atoms with E-state index in [0.717, 1.165) is 5.56 Å². The van der Waals surface area contributed by atoms with E-state index in [9.17, 15) is 4.79 Å². The van der Waals surface area contributed by atoms with Crippen molar-refractivity contribution in [2.75, 3.05) is 27.7 Å². The van der Waals surface area contributed by atoms with Crippen LogP contribution in [0.5, 0.6) is 5.88 Å². The minimum Gasteiger partial charge on any atom is -0.481 e. The second-order valence-electron chi connectivity index (χ2n) is 5.27. The van der Waals surface area contributed by atoms with Gasteiger partial charge in [-0.15, -0.1) is 0 Å². The molecule has 0 saturated carbocycles.